The standard InChI is InChI=1S/C31H37N3O9/c1-19-25(28(35)40-6)27(22-8-7-9-23(18-22)34(38)39)26(20(2)33-19)29(36)42-17-16-41-24-12-10-21(11-13-24)14-15-32-30(37)43-31(3,4)5/h7-13,18,27,33H,14-17H2,1-6H3,(H,32,37). The molecule has 1 aliphatic heterocycles. The lowest BCUT2D eigenvalue weighted by Crippen LogP contribution is -2.33. The van der Waals surface area contributed by atoms with Crippen LogP contribution < -0.4 is 15.4 Å². The van der Waals surface area contributed by atoms with Crippen LogP contribution in [0.4, 0.5) is 10.5 Å². The minimum absolute atomic E-state index is 0.0608. The lowest BCUT2D eigenvalue weighted by molar-refractivity contribution is -0.384. The van der Waals surface area contributed by atoms with Gasteiger partial charge in [0, 0.05) is 30.1 Å². The molecule has 1 heterocycles. The second-order valence-electron chi connectivity index (χ2n) is 10.8. The van der Waals surface area contributed by atoms with Crippen molar-refractivity contribution in [3.05, 3.63) is 92.3 Å². The Bertz CT molecular complexity index is 1420. The lowest BCUT2D eigenvalue weighted by Gasteiger charge is -2.30. The van der Waals surface area contributed by atoms with E-state index in [-0.39, 0.29) is 30.0 Å². The van der Waals surface area contributed by atoms with Gasteiger partial charge in [0.15, 0.2) is 0 Å². The largest absolute Gasteiger partial charge is 0.490 e. The quantitative estimate of drug-likeness (QED) is 0.123. The molecule has 0 saturated carbocycles. The number of rotatable bonds is 11. The molecule has 0 aromatic heterocycles. The molecule has 12 nitrogen and oxygen atoms in total. The van der Waals surface area contributed by atoms with Crippen molar-refractivity contribution in [2.45, 2.75) is 52.6 Å². The Balaban J connectivity index is 1.62. The molecule has 2 N–H and O–H groups in total. The Morgan fingerprint density at radius 3 is 2.23 bits per heavy atom. The third-order valence-electron chi connectivity index (χ3n) is 6.39. The number of nitro benzene ring substituents is 1. The van der Waals surface area contributed by atoms with E-state index in [9.17, 15) is 24.5 Å². The normalized spacial score (nSPS) is 14.9. The Kier molecular flexibility index (Phi) is 10.9. The minimum Gasteiger partial charge on any atom is -0.490 e. The number of allylic oxidation sites excluding steroid dienone is 2. The smallest absolute Gasteiger partial charge is 0.407 e. The Hall–Kier alpha value is -4.87. The second-order valence-corrected chi connectivity index (χ2v) is 10.8. The van der Waals surface area contributed by atoms with Crippen molar-refractivity contribution in [3.63, 3.8) is 0 Å². The van der Waals surface area contributed by atoms with E-state index in [2.05, 4.69) is 10.6 Å². The van der Waals surface area contributed by atoms with Gasteiger partial charge in [-0.25, -0.2) is 14.4 Å². The number of methoxy groups -OCH3 is 1. The summed E-state index contributed by atoms with van der Waals surface area (Å²) in [6, 6.07) is 13.0. The van der Waals surface area contributed by atoms with Crippen LogP contribution in [0.2, 0.25) is 0 Å². The summed E-state index contributed by atoms with van der Waals surface area (Å²) >= 11 is 0. The Labute approximate surface area is 250 Å². The van der Waals surface area contributed by atoms with Gasteiger partial charge in [-0.2, -0.15) is 0 Å². The van der Waals surface area contributed by atoms with Crippen molar-refractivity contribution >= 4 is 23.7 Å². The van der Waals surface area contributed by atoms with E-state index >= 15 is 0 Å². The molecule has 2 aromatic carbocycles. The number of nitrogens with one attached hydrogen (secondary N) is 2. The zero-order valence-electron chi connectivity index (χ0n) is 25.1. The fourth-order valence-electron chi connectivity index (χ4n) is 4.54. The number of dihydropyridines is 1. The van der Waals surface area contributed by atoms with Crippen LogP contribution in [0.25, 0.3) is 0 Å². The number of carbonyl (C=O) groups excluding carboxylic acids is 3. The zero-order chi connectivity index (χ0) is 31.7. The number of hydrogen-bond donors (Lipinski definition) is 2. The van der Waals surface area contributed by atoms with Crippen molar-refractivity contribution < 1.29 is 38.3 Å². The van der Waals surface area contributed by atoms with Crippen LogP contribution in [-0.2, 0) is 30.2 Å². The zero-order valence-corrected chi connectivity index (χ0v) is 25.1. The molecule has 0 bridgehead atoms. The fraction of sp³-hybridized carbons (Fsp3) is 0.387. The number of nitro groups is 1. The molecule has 12 heteroatoms. The number of esters is 2. The molecule has 0 spiro atoms. The fourth-order valence-corrected chi connectivity index (χ4v) is 4.54. The van der Waals surface area contributed by atoms with Crippen LogP contribution in [0.15, 0.2) is 71.1 Å². The van der Waals surface area contributed by atoms with Crippen LogP contribution in [0.5, 0.6) is 5.75 Å². The average Bonchev–Trinajstić information content (AvgIpc) is 2.94. The SMILES string of the molecule is COC(=O)C1=C(C)NC(C)=C(C(=O)OCCOc2ccc(CCNC(=O)OC(C)(C)C)cc2)C1c1cccc([N+](=O)[O-])c1. The van der Waals surface area contributed by atoms with Crippen molar-refractivity contribution in [2.75, 3.05) is 26.9 Å². The predicted octanol–water partition coefficient (Wildman–Crippen LogP) is 4.69. The molecule has 43 heavy (non-hydrogen) atoms. The monoisotopic (exact) mass is 595 g/mol. The highest BCUT2D eigenvalue weighted by molar-refractivity contribution is 5.99. The van der Waals surface area contributed by atoms with Crippen LogP contribution in [0, 0.1) is 10.1 Å². The topological polar surface area (TPSA) is 155 Å². The molecule has 1 unspecified atom stereocenters. The number of nitrogens with zero attached hydrogens (tertiary/aromatic N) is 1. The highest BCUT2D eigenvalue weighted by Crippen LogP contribution is 2.40. The summed E-state index contributed by atoms with van der Waals surface area (Å²) in [5, 5.41) is 17.2. The van der Waals surface area contributed by atoms with E-state index in [1.807, 2.05) is 12.1 Å². The van der Waals surface area contributed by atoms with Gasteiger partial charge in [-0.3, -0.25) is 10.1 Å². The van der Waals surface area contributed by atoms with Crippen LogP contribution in [-0.4, -0.2) is 55.4 Å². The lowest BCUT2D eigenvalue weighted by atomic mass is 9.80. The van der Waals surface area contributed by atoms with Crippen molar-refractivity contribution in [3.8, 4) is 5.75 Å². The Morgan fingerprint density at radius 1 is 0.977 bits per heavy atom. The number of non-ortho nitro benzene ring substituents is 1. The molecule has 0 fully saturated rings. The summed E-state index contributed by atoms with van der Waals surface area (Å²) in [4.78, 5) is 48.8. The van der Waals surface area contributed by atoms with Gasteiger partial charge in [-0.05, 0) is 64.3 Å². The summed E-state index contributed by atoms with van der Waals surface area (Å²) in [6.07, 6.45) is 0.133. The van der Waals surface area contributed by atoms with Crippen LogP contribution >= 0.6 is 0 Å². The first kappa shape index (κ1) is 32.6. The van der Waals surface area contributed by atoms with Crippen LogP contribution in [0.3, 0.4) is 0 Å². The van der Waals surface area contributed by atoms with E-state index in [1.165, 1.54) is 25.3 Å². The van der Waals surface area contributed by atoms with Gasteiger partial charge < -0.3 is 29.6 Å². The maximum Gasteiger partial charge on any atom is 0.407 e. The maximum absolute atomic E-state index is 13.3. The molecule has 1 aliphatic rings. The number of alkyl carbamates (subject to hydrolysis) is 1. The molecule has 230 valence electrons. The minimum atomic E-state index is -0.945. The number of hydrogen-bond acceptors (Lipinski definition) is 10. The highest BCUT2D eigenvalue weighted by atomic mass is 16.6. The summed E-state index contributed by atoms with van der Waals surface area (Å²) in [7, 11) is 1.22. The van der Waals surface area contributed by atoms with Gasteiger partial charge in [-0.1, -0.05) is 24.3 Å². The highest BCUT2D eigenvalue weighted by Gasteiger charge is 2.38. The molecule has 2 aromatic rings. The second kappa shape index (κ2) is 14.3. The van der Waals surface area contributed by atoms with Gasteiger partial charge in [0.05, 0.1) is 29.1 Å². The number of carbonyl (C=O) groups is 3. The van der Waals surface area contributed by atoms with Crippen molar-refractivity contribution in [1.29, 1.82) is 0 Å². The molecule has 0 radical (unpaired) electrons. The summed E-state index contributed by atoms with van der Waals surface area (Å²) < 4.78 is 21.4. The van der Waals surface area contributed by atoms with Crippen LogP contribution in [0.1, 0.15) is 51.7 Å². The van der Waals surface area contributed by atoms with Gasteiger partial charge in [0.2, 0.25) is 0 Å². The molecule has 1 amide bonds. The number of amides is 1. The number of benzene rings is 2. The van der Waals surface area contributed by atoms with E-state index in [0.717, 1.165) is 5.56 Å². The van der Waals surface area contributed by atoms with E-state index in [0.29, 0.717) is 35.7 Å². The van der Waals surface area contributed by atoms with Gasteiger partial charge in [-0.15, -0.1) is 0 Å². The third kappa shape index (κ3) is 9.06. The first-order valence-electron chi connectivity index (χ1n) is 13.7. The first-order chi connectivity index (χ1) is 20.3. The number of ether oxygens (including phenoxy) is 4. The van der Waals surface area contributed by atoms with E-state index < -0.39 is 34.5 Å². The summed E-state index contributed by atoms with van der Waals surface area (Å²) in [6.45, 7) is 9.12. The Morgan fingerprint density at radius 2 is 1.63 bits per heavy atom. The van der Waals surface area contributed by atoms with Crippen molar-refractivity contribution in [2.24, 2.45) is 0 Å². The average molecular weight is 596 g/mol. The van der Waals surface area contributed by atoms with E-state index in [1.54, 1.807) is 52.8 Å². The van der Waals surface area contributed by atoms with Gasteiger partial charge >= 0.3 is 18.0 Å². The van der Waals surface area contributed by atoms with Crippen molar-refractivity contribution in [1.82, 2.24) is 10.6 Å². The molecular formula is C31H37N3O9. The van der Waals surface area contributed by atoms with E-state index in [4.69, 9.17) is 18.9 Å². The molecule has 1 atom stereocenters. The molecule has 0 aliphatic carbocycles. The molecule has 0 saturated heterocycles. The maximum atomic E-state index is 13.3. The summed E-state index contributed by atoms with van der Waals surface area (Å²) in [5.74, 6) is -1.76. The first-order valence-corrected chi connectivity index (χ1v) is 13.7. The summed E-state index contributed by atoms with van der Waals surface area (Å²) in [5.41, 5.74) is 1.82. The van der Waals surface area contributed by atoms with Gasteiger partial charge in [0.25, 0.3) is 5.69 Å². The molecule has 3 rings (SSSR count). The third-order valence-corrected chi connectivity index (χ3v) is 6.39. The molecular weight excluding hydrogens is 558 g/mol. The predicted molar refractivity (Wildman–Crippen MR) is 157 cm³/mol. The van der Waals surface area contributed by atoms with Gasteiger partial charge in [0.1, 0.15) is 24.6 Å².